The van der Waals surface area contributed by atoms with Crippen molar-refractivity contribution in [2.24, 2.45) is 0 Å². The van der Waals surface area contributed by atoms with E-state index >= 15 is 0 Å². The van der Waals surface area contributed by atoms with Crippen molar-refractivity contribution >= 4 is 35.4 Å². The van der Waals surface area contributed by atoms with Crippen LogP contribution in [0.5, 0.6) is 5.75 Å². The van der Waals surface area contributed by atoms with Gasteiger partial charge < -0.3 is 19.7 Å². The van der Waals surface area contributed by atoms with Gasteiger partial charge in [-0.2, -0.15) is 0 Å². The summed E-state index contributed by atoms with van der Waals surface area (Å²) in [5, 5.41) is 0.195. The molecular formula is C14H22BrClNO4P. The van der Waals surface area contributed by atoms with E-state index in [-0.39, 0.29) is 17.4 Å². The lowest BCUT2D eigenvalue weighted by Crippen LogP contribution is -2.61. The Morgan fingerprint density at radius 2 is 2.05 bits per heavy atom. The number of benzene rings is 1. The highest BCUT2D eigenvalue weighted by Crippen LogP contribution is 2.42. The highest BCUT2D eigenvalue weighted by Gasteiger charge is 2.12. The molecule has 0 bridgehead atoms. The van der Waals surface area contributed by atoms with Gasteiger partial charge in [0.2, 0.25) is 0 Å². The Morgan fingerprint density at radius 3 is 2.50 bits per heavy atom. The van der Waals surface area contributed by atoms with Gasteiger partial charge in [0.1, 0.15) is 5.75 Å². The van der Waals surface area contributed by atoms with Crippen molar-refractivity contribution in [3.8, 4) is 5.75 Å². The van der Waals surface area contributed by atoms with Gasteiger partial charge in [0.15, 0.2) is 0 Å². The van der Waals surface area contributed by atoms with Crippen LogP contribution in [0.3, 0.4) is 0 Å². The molecule has 1 fully saturated rings. The minimum absolute atomic E-state index is 0.0227. The zero-order valence-electron chi connectivity index (χ0n) is 12.6. The Kier molecular flexibility index (Phi) is 8.98. The Hall–Kier alpha value is -0.100. The fourth-order valence-electron chi connectivity index (χ4n) is 2.04. The number of quaternary nitrogens is 1. The summed E-state index contributed by atoms with van der Waals surface area (Å²) in [6, 6.07) is 5.38. The molecule has 3 N–H and O–H groups in total. The molecule has 1 unspecified atom stereocenters. The zero-order chi connectivity index (χ0) is 16.6. The van der Waals surface area contributed by atoms with Gasteiger partial charge in [-0.25, -0.2) is 0 Å². The van der Waals surface area contributed by atoms with Gasteiger partial charge >= 0.3 is 7.82 Å². The van der Waals surface area contributed by atoms with Crippen molar-refractivity contribution in [1.29, 1.82) is 0 Å². The number of hydrogen-bond acceptors (Lipinski definition) is 4. The first-order valence-corrected chi connectivity index (χ1v) is 9.90. The monoisotopic (exact) mass is 413 g/mol. The van der Waals surface area contributed by atoms with Crippen LogP contribution in [0.15, 0.2) is 22.7 Å². The largest absolute Gasteiger partial charge is 0.746 e. The van der Waals surface area contributed by atoms with Crippen LogP contribution in [-0.4, -0.2) is 12.6 Å². The molecule has 0 saturated heterocycles. The van der Waals surface area contributed by atoms with E-state index in [1.165, 1.54) is 44.2 Å². The number of phosphoric ester groups is 1. The molecule has 1 aliphatic carbocycles. The molecule has 1 aromatic rings. The number of hydrogen-bond donors (Lipinski definition) is 1. The first-order valence-electron chi connectivity index (χ1n) is 7.27. The predicted octanol–water partition coefficient (Wildman–Crippen LogP) is 3.55. The van der Waals surface area contributed by atoms with E-state index in [4.69, 9.17) is 11.6 Å². The Balaban J connectivity index is 0.000000287. The molecule has 126 valence electrons. The molecule has 0 amide bonds. The van der Waals surface area contributed by atoms with Crippen LogP contribution >= 0.6 is 35.4 Å². The number of rotatable bonds is 4. The molecule has 0 aromatic heterocycles. The molecule has 1 aromatic carbocycles. The average Bonchev–Trinajstić information content (AvgIpc) is 2.43. The van der Waals surface area contributed by atoms with Crippen molar-refractivity contribution in [2.45, 2.75) is 45.1 Å². The zero-order valence-corrected chi connectivity index (χ0v) is 15.8. The maximum Gasteiger partial charge on any atom is 0.319 e. The SMILES string of the molecule is CCOP(=O)([O-])Oc1ccc(Br)cc1Cl.[NH3+]C1CCCCC1. The lowest BCUT2D eigenvalue weighted by molar-refractivity contribution is -0.425. The van der Waals surface area contributed by atoms with Crippen LogP contribution in [0.4, 0.5) is 0 Å². The Morgan fingerprint density at radius 1 is 1.41 bits per heavy atom. The maximum atomic E-state index is 11.2. The second-order valence-corrected chi connectivity index (χ2v) is 7.69. The fourth-order valence-corrected chi connectivity index (χ4v) is 3.58. The van der Waals surface area contributed by atoms with E-state index in [0.29, 0.717) is 0 Å². The molecule has 0 spiro atoms. The highest BCUT2D eigenvalue weighted by atomic mass is 79.9. The van der Waals surface area contributed by atoms with E-state index in [2.05, 4.69) is 30.7 Å². The lowest BCUT2D eigenvalue weighted by Gasteiger charge is -2.22. The first-order chi connectivity index (χ1) is 10.3. The standard InChI is InChI=1S/C8H9BrClO4P.C6H13N/c1-2-13-15(11,12)14-8-4-3-6(9)5-7(8)10;7-6-4-2-1-3-5-6/h3-5H,2H2,1H3,(H,11,12);6H,1-5,7H2. The van der Waals surface area contributed by atoms with Crippen molar-refractivity contribution in [2.75, 3.05) is 6.61 Å². The van der Waals surface area contributed by atoms with Crippen LogP contribution < -0.4 is 15.2 Å². The summed E-state index contributed by atoms with van der Waals surface area (Å²) >= 11 is 8.95. The summed E-state index contributed by atoms with van der Waals surface area (Å²) in [6.45, 7) is 1.58. The fraction of sp³-hybridized carbons (Fsp3) is 0.571. The van der Waals surface area contributed by atoms with E-state index < -0.39 is 7.82 Å². The summed E-state index contributed by atoms with van der Waals surface area (Å²) < 4.78 is 21.0. The van der Waals surface area contributed by atoms with Gasteiger partial charge in [-0.05, 0) is 50.8 Å². The lowest BCUT2D eigenvalue weighted by atomic mass is 9.97. The summed E-state index contributed by atoms with van der Waals surface area (Å²) in [7, 11) is -4.31. The highest BCUT2D eigenvalue weighted by molar-refractivity contribution is 9.10. The van der Waals surface area contributed by atoms with Crippen molar-refractivity contribution < 1.29 is 24.2 Å². The van der Waals surface area contributed by atoms with Crippen LogP contribution in [0.2, 0.25) is 5.02 Å². The van der Waals surface area contributed by atoms with E-state index in [0.717, 1.165) is 10.5 Å². The average molecular weight is 415 g/mol. The molecule has 0 aliphatic heterocycles. The molecule has 1 aliphatic rings. The van der Waals surface area contributed by atoms with Crippen LogP contribution in [-0.2, 0) is 9.09 Å². The second-order valence-electron chi connectivity index (χ2n) is 5.04. The van der Waals surface area contributed by atoms with E-state index in [1.807, 2.05) is 0 Å². The van der Waals surface area contributed by atoms with E-state index in [1.54, 1.807) is 13.0 Å². The third kappa shape index (κ3) is 7.95. The van der Waals surface area contributed by atoms with E-state index in [9.17, 15) is 9.46 Å². The number of phosphoric acid groups is 1. The molecule has 1 atom stereocenters. The maximum absolute atomic E-state index is 11.2. The molecule has 8 heteroatoms. The van der Waals surface area contributed by atoms with Crippen molar-refractivity contribution in [3.63, 3.8) is 0 Å². The Labute approximate surface area is 144 Å². The van der Waals surface area contributed by atoms with Gasteiger partial charge in [0.25, 0.3) is 0 Å². The molecule has 1 saturated carbocycles. The minimum atomic E-state index is -4.31. The number of halogens is 2. The van der Waals surface area contributed by atoms with Gasteiger partial charge in [0.05, 0.1) is 17.7 Å². The molecule has 22 heavy (non-hydrogen) atoms. The Bertz CT molecular complexity index is 512. The molecule has 2 rings (SSSR count). The van der Waals surface area contributed by atoms with Crippen molar-refractivity contribution in [3.05, 3.63) is 27.7 Å². The quantitative estimate of drug-likeness (QED) is 0.763. The van der Waals surface area contributed by atoms with Crippen LogP contribution in [0.1, 0.15) is 39.0 Å². The topological polar surface area (TPSA) is 86.2 Å². The van der Waals surface area contributed by atoms with Gasteiger partial charge in [0, 0.05) is 4.47 Å². The molecule has 0 radical (unpaired) electrons. The summed E-state index contributed by atoms with van der Waals surface area (Å²) in [5.74, 6) is 0.0478. The third-order valence-corrected chi connectivity index (χ3v) is 4.90. The first kappa shape index (κ1) is 19.9. The molecule has 0 heterocycles. The summed E-state index contributed by atoms with van der Waals surface area (Å²) in [6.07, 6.45) is 7.05. The van der Waals surface area contributed by atoms with Gasteiger partial charge in [-0.15, -0.1) is 0 Å². The van der Waals surface area contributed by atoms with Gasteiger partial charge in [-0.1, -0.05) is 34.0 Å². The normalized spacial score (nSPS) is 18.0. The molecule has 5 nitrogen and oxygen atoms in total. The smallest absolute Gasteiger partial charge is 0.319 e. The van der Waals surface area contributed by atoms with Gasteiger partial charge in [-0.3, -0.25) is 4.57 Å². The predicted molar refractivity (Wildman–Crippen MR) is 88.8 cm³/mol. The van der Waals surface area contributed by atoms with Crippen LogP contribution in [0, 0.1) is 0 Å². The summed E-state index contributed by atoms with van der Waals surface area (Å²) in [5.41, 5.74) is 4.00. The minimum Gasteiger partial charge on any atom is -0.746 e. The second kappa shape index (κ2) is 9.91. The molecular weight excluding hydrogens is 392 g/mol. The third-order valence-electron chi connectivity index (χ3n) is 3.12. The van der Waals surface area contributed by atoms with Crippen molar-refractivity contribution in [1.82, 2.24) is 0 Å². The summed E-state index contributed by atoms with van der Waals surface area (Å²) in [4.78, 5) is 11.2. The van der Waals surface area contributed by atoms with Crippen LogP contribution in [0.25, 0.3) is 0 Å².